The minimum absolute atomic E-state index is 0.0977. The van der Waals surface area contributed by atoms with Crippen LogP contribution in [0.4, 0.5) is 13.2 Å². The maximum absolute atomic E-state index is 12.9. The number of hydrogen-bond donors (Lipinski definition) is 0. The van der Waals surface area contributed by atoms with Crippen LogP contribution in [0.1, 0.15) is 24.5 Å². The molecular formula is C13H11ClF3NO. The van der Waals surface area contributed by atoms with Crippen molar-refractivity contribution in [2.75, 3.05) is 6.61 Å². The summed E-state index contributed by atoms with van der Waals surface area (Å²) in [5, 5.41) is 3.83. The van der Waals surface area contributed by atoms with Crippen molar-refractivity contribution < 1.29 is 18.0 Å². The van der Waals surface area contributed by atoms with E-state index in [1.807, 2.05) is 0 Å². The third kappa shape index (κ3) is 4.18. The molecule has 0 bridgehead atoms. The van der Waals surface area contributed by atoms with Gasteiger partial charge in [0.15, 0.2) is 6.61 Å². The van der Waals surface area contributed by atoms with Gasteiger partial charge in [0.05, 0.1) is 11.3 Å². The molecule has 0 aliphatic carbocycles. The number of alkyl halides is 3. The van der Waals surface area contributed by atoms with E-state index in [2.05, 4.69) is 11.1 Å². The van der Waals surface area contributed by atoms with Gasteiger partial charge < -0.3 is 4.84 Å². The van der Waals surface area contributed by atoms with Gasteiger partial charge in [-0.15, -0.1) is 6.42 Å². The second kappa shape index (κ2) is 6.48. The van der Waals surface area contributed by atoms with Gasteiger partial charge in [-0.1, -0.05) is 29.6 Å². The minimum atomic E-state index is -4.48. The number of oxime groups is 1. The lowest BCUT2D eigenvalue weighted by Crippen LogP contribution is -2.13. The summed E-state index contributed by atoms with van der Waals surface area (Å²) in [6.45, 7) is 1.56. The maximum atomic E-state index is 12.9. The first-order valence-corrected chi connectivity index (χ1v) is 5.77. The first-order valence-electron chi connectivity index (χ1n) is 5.39. The fourth-order valence-electron chi connectivity index (χ4n) is 1.45. The number of terminal acetylenes is 1. The van der Waals surface area contributed by atoms with E-state index in [4.69, 9.17) is 22.9 Å². The number of rotatable bonds is 4. The molecule has 0 fully saturated rings. The van der Waals surface area contributed by atoms with Crippen LogP contribution in [0.25, 0.3) is 0 Å². The highest BCUT2D eigenvalue weighted by atomic mass is 35.5. The monoisotopic (exact) mass is 289 g/mol. The van der Waals surface area contributed by atoms with Crippen molar-refractivity contribution in [2.45, 2.75) is 19.5 Å². The average molecular weight is 290 g/mol. The van der Waals surface area contributed by atoms with Gasteiger partial charge in [0.2, 0.25) is 0 Å². The molecule has 0 unspecified atom stereocenters. The van der Waals surface area contributed by atoms with Gasteiger partial charge in [0.1, 0.15) is 0 Å². The van der Waals surface area contributed by atoms with E-state index in [1.54, 1.807) is 6.92 Å². The Balaban J connectivity index is 3.26. The highest BCUT2D eigenvalue weighted by Gasteiger charge is 2.34. The van der Waals surface area contributed by atoms with Crippen molar-refractivity contribution in [3.63, 3.8) is 0 Å². The van der Waals surface area contributed by atoms with Crippen LogP contribution in [0.5, 0.6) is 0 Å². The number of halogens is 4. The van der Waals surface area contributed by atoms with Crippen LogP contribution < -0.4 is 0 Å². The molecule has 19 heavy (non-hydrogen) atoms. The van der Waals surface area contributed by atoms with Crippen LogP contribution in [0.2, 0.25) is 5.02 Å². The third-order valence-electron chi connectivity index (χ3n) is 2.26. The summed E-state index contributed by atoms with van der Waals surface area (Å²) in [5.41, 5.74) is -0.758. The molecule has 0 atom stereocenters. The van der Waals surface area contributed by atoms with Gasteiger partial charge >= 0.3 is 6.18 Å². The minimum Gasteiger partial charge on any atom is -0.382 e. The van der Waals surface area contributed by atoms with Crippen LogP contribution in [0.3, 0.4) is 0 Å². The molecule has 0 N–H and O–H groups in total. The Bertz CT molecular complexity index is 518. The molecule has 102 valence electrons. The number of nitrogens with zero attached hydrogens (tertiary/aromatic N) is 1. The van der Waals surface area contributed by atoms with Crippen molar-refractivity contribution in [1.82, 2.24) is 0 Å². The van der Waals surface area contributed by atoms with Crippen molar-refractivity contribution in [1.29, 1.82) is 0 Å². The quantitative estimate of drug-likeness (QED) is 0.353. The van der Waals surface area contributed by atoms with E-state index in [9.17, 15) is 13.2 Å². The lowest BCUT2D eigenvalue weighted by molar-refractivity contribution is -0.137. The molecule has 0 saturated heterocycles. The summed E-state index contributed by atoms with van der Waals surface area (Å²) < 4.78 is 38.7. The molecule has 1 aromatic carbocycles. The lowest BCUT2D eigenvalue weighted by atomic mass is 10.0. The molecule has 1 rings (SSSR count). The molecule has 0 amide bonds. The Labute approximate surface area is 114 Å². The fraction of sp³-hybridized carbons (Fsp3) is 0.308. The second-order valence-corrected chi connectivity index (χ2v) is 3.99. The summed E-state index contributed by atoms with van der Waals surface area (Å²) in [7, 11) is 0. The van der Waals surface area contributed by atoms with Crippen molar-refractivity contribution in [2.24, 2.45) is 5.16 Å². The molecule has 0 radical (unpaired) electrons. The summed E-state index contributed by atoms with van der Waals surface area (Å²) in [6.07, 6.45) is 0.747. The van der Waals surface area contributed by atoms with Gasteiger partial charge in [-0.3, -0.25) is 0 Å². The van der Waals surface area contributed by atoms with Gasteiger partial charge in [0, 0.05) is 10.6 Å². The predicted octanol–water partition coefficient (Wildman–Crippen LogP) is 4.12. The molecule has 0 spiro atoms. The number of hydrogen-bond acceptors (Lipinski definition) is 2. The van der Waals surface area contributed by atoms with E-state index >= 15 is 0 Å². The van der Waals surface area contributed by atoms with E-state index in [0.29, 0.717) is 0 Å². The number of benzene rings is 1. The summed E-state index contributed by atoms with van der Waals surface area (Å²) in [4.78, 5) is 4.74. The van der Waals surface area contributed by atoms with Crippen LogP contribution >= 0.6 is 11.6 Å². The molecule has 6 heteroatoms. The predicted molar refractivity (Wildman–Crippen MR) is 68.1 cm³/mol. The first kappa shape index (κ1) is 15.4. The fourth-order valence-corrected chi connectivity index (χ4v) is 1.63. The van der Waals surface area contributed by atoms with E-state index in [-0.39, 0.29) is 29.3 Å². The Morgan fingerprint density at radius 3 is 2.68 bits per heavy atom. The van der Waals surface area contributed by atoms with Crippen molar-refractivity contribution in [3.8, 4) is 12.3 Å². The molecule has 0 aromatic heterocycles. The third-order valence-corrected chi connectivity index (χ3v) is 2.49. The van der Waals surface area contributed by atoms with Crippen molar-refractivity contribution >= 4 is 17.3 Å². The van der Waals surface area contributed by atoms with E-state index < -0.39 is 11.7 Å². The highest BCUT2D eigenvalue weighted by Crippen LogP contribution is 2.34. The maximum Gasteiger partial charge on any atom is 0.417 e. The highest BCUT2D eigenvalue weighted by molar-refractivity contribution is 6.31. The Morgan fingerprint density at radius 1 is 1.47 bits per heavy atom. The van der Waals surface area contributed by atoms with Gasteiger partial charge in [-0.25, -0.2) is 0 Å². The molecule has 0 aliphatic heterocycles. The zero-order valence-corrected chi connectivity index (χ0v) is 10.8. The lowest BCUT2D eigenvalue weighted by Gasteiger charge is -2.13. The SMILES string of the molecule is C#CCO/N=C(\CC)c1cc(Cl)ccc1C(F)(F)F. The topological polar surface area (TPSA) is 21.6 Å². The molecule has 1 aromatic rings. The summed E-state index contributed by atoms with van der Waals surface area (Å²) in [6, 6.07) is 3.32. The van der Waals surface area contributed by atoms with Crippen molar-refractivity contribution in [3.05, 3.63) is 34.3 Å². The van der Waals surface area contributed by atoms with Crippen LogP contribution in [0.15, 0.2) is 23.4 Å². The van der Waals surface area contributed by atoms with E-state index in [1.165, 1.54) is 12.1 Å². The summed E-state index contributed by atoms with van der Waals surface area (Å²) in [5.74, 6) is 2.18. The van der Waals surface area contributed by atoms with Crippen LogP contribution in [-0.4, -0.2) is 12.3 Å². The van der Waals surface area contributed by atoms with Gasteiger partial charge in [0.25, 0.3) is 0 Å². The molecule has 0 heterocycles. The Morgan fingerprint density at radius 2 is 2.16 bits per heavy atom. The normalized spacial score (nSPS) is 12.1. The first-order chi connectivity index (χ1) is 8.90. The summed E-state index contributed by atoms with van der Waals surface area (Å²) >= 11 is 5.73. The van der Waals surface area contributed by atoms with Crippen LogP contribution in [0, 0.1) is 12.3 Å². The molecule has 0 aliphatic rings. The molecular weight excluding hydrogens is 279 g/mol. The second-order valence-electron chi connectivity index (χ2n) is 3.56. The standard InChI is InChI=1S/C13H11ClF3NO/c1-3-7-19-18-12(4-2)10-8-9(14)5-6-11(10)13(15,16)17/h1,5-6,8H,4,7H2,2H3/b18-12+. The Kier molecular flexibility index (Phi) is 5.25. The van der Waals surface area contributed by atoms with Crippen LogP contribution in [-0.2, 0) is 11.0 Å². The van der Waals surface area contributed by atoms with Gasteiger partial charge in [-0.05, 0) is 24.6 Å². The Hall–Kier alpha value is -1.67. The largest absolute Gasteiger partial charge is 0.417 e. The zero-order valence-electron chi connectivity index (χ0n) is 10.1. The van der Waals surface area contributed by atoms with Gasteiger partial charge in [-0.2, -0.15) is 13.2 Å². The zero-order chi connectivity index (χ0) is 14.5. The average Bonchev–Trinajstić information content (AvgIpc) is 2.33. The smallest absolute Gasteiger partial charge is 0.382 e. The molecule has 0 saturated carbocycles. The molecule has 2 nitrogen and oxygen atoms in total. The van der Waals surface area contributed by atoms with E-state index in [0.717, 1.165) is 6.07 Å².